The minimum absolute atomic E-state index is 0.00415. The first-order valence-electron chi connectivity index (χ1n) is 8.06. The van der Waals surface area contributed by atoms with E-state index < -0.39 is 25.4 Å². The summed E-state index contributed by atoms with van der Waals surface area (Å²) in [6.07, 6.45) is 0.502. The zero-order chi connectivity index (χ0) is 17.5. The van der Waals surface area contributed by atoms with Gasteiger partial charge in [-0.1, -0.05) is 0 Å². The standard InChI is InChI=1S/C13H24O7P2S2/c1-8-3-10-7-21(14,23)16-6-13-11(4-9(2)19-13)20-22(15,24)17-5-12(10)18-8/h8-13H,3-7H2,1-2H3,(H,14,23)(H,15,24)/t8-,9-,10+,11-,12+,13+,21?,22-/m0/s1. The highest BCUT2D eigenvalue weighted by Crippen LogP contribution is 2.52. The molecule has 0 aliphatic carbocycles. The van der Waals surface area contributed by atoms with Gasteiger partial charge < -0.3 is 32.8 Å². The monoisotopic (exact) mass is 418 g/mol. The highest BCUT2D eigenvalue weighted by atomic mass is 32.5. The van der Waals surface area contributed by atoms with Crippen LogP contribution < -0.4 is 0 Å². The van der Waals surface area contributed by atoms with Crippen LogP contribution in [0.4, 0.5) is 0 Å². The van der Waals surface area contributed by atoms with E-state index in [2.05, 4.69) is 0 Å². The SMILES string of the molecule is C[C@H]1C[C@@H]2CP(O)(=S)OC[C@H]3O[C@@H](C)C[C@@H]3O[P@@](O)(=S)OC[C@H]2O1. The summed E-state index contributed by atoms with van der Waals surface area (Å²) in [5.74, 6) is 0.00415. The summed E-state index contributed by atoms with van der Waals surface area (Å²) in [5.41, 5.74) is 0. The number of ether oxygens (including phenoxy) is 2. The van der Waals surface area contributed by atoms with Crippen LogP contribution >= 0.6 is 13.2 Å². The molecule has 0 saturated carbocycles. The number of rotatable bonds is 0. The zero-order valence-electron chi connectivity index (χ0n) is 13.6. The molecule has 0 spiro atoms. The average molecular weight is 418 g/mol. The Morgan fingerprint density at radius 3 is 2.25 bits per heavy atom. The van der Waals surface area contributed by atoms with Crippen LogP contribution in [0.2, 0.25) is 0 Å². The van der Waals surface area contributed by atoms with E-state index in [9.17, 15) is 9.79 Å². The third kappa shape index (κ3) is 5.05. The van der Waals surface area contributed by atoms with Crippen molar-refractivity contribution in [3.05, 3.63) is 0 Å². The molecule has 3 rings (SSSR count). The van der Waals surface area contributed by atoms with Crippen molar-refractivity contribution in [2.45, 2.75) is 57.2 Å². The predicted octanol–water partition coefficient (Wildman–Crippen LogP) is 1.91. The van der Waals surface area contributed by atoms with Crippen molar-refractivity contribution in [3.63, 3.8) is 0 Å². The quantitative estimate of drug-likeness (QED) is 0.573. The van der Waals surface area contributed by atoms with Gasteiger partial charge in [0.2, 0.25) is 0 Å². The highest BCUT2D eigenvalue weighted by molar-refractivity contribution is 8.09. The van der Waals surface area contributed by atoms with Gasteiger partial charge in [-0.15, -0.1) is 0 Å². The Kier molecular flexibility index (Phi) is 6.23. The minimum atomic E-state index is -3.40. The Morgan fingerprint density at radius 1 is 0.875 bits per heavy atom. The summed E-state index contributed by atoms with van der Waals surface area (Å²) in [4.78, 5) is 20.9. The van der Waals surface area contributed by atoms with E-state index in [1.807, 2.05) is 13.8 Å². The van der Waals surface area contributed by atoms with Gasteiger partial charge in [-0.3, -0.25) is 0 Å². The summed E-state index contributed by atoms with van der Waals surface area (Å²) in [5, 5.41) is 0. The molecule has 3 saturated heterocycles. The van der Waals surface area contributed by atoms with Crippen LogP contribution in [-0.2, 0) is 46.7 Å². The number of hydrogen-bond acceptors (Lipinski definition) is 7. The molecule has 0 aromatic rings. The van der Waals surface area contributed by atoms with Crippen LogP contribution in [0.25, 0.3) is 0 Å². The highest BCUT2D eigenvalue weighted by Gasteiger charge is 2.42. The van der Waals surface area contributed by atoms with Crippen molar-refractivity contribution in [3.8, 4) is 0 Å². The second-order valence-corrected chi connectivity index (χ2v) is 13.1. The van der Waals surface area contributed by atoms with Crippen molar-refractivity contribution in [2.24, 2.45) is 5.92 Å². The molecule has 3 fully saturated rings. The fraction of sp³-hybridized carbons (Fsp3) is 1.00. The Labute approximate surface area is 152 Å². The van der Waals surface area contributed by atoms with Crippen molar-refractivity contribution in [1.82, 2.24) is 0 Å². The van der Waals surface area contributed by atoms with Crippen LogP contribution in [0.1, 0.15) is 26.7 Å². The molecule has 0 aromatic heterocycles. The Morgan fingerprint density at radius 2 is 1.50 bits per heavy atom. The number of hydrogen-bond donors (Lipinski definition) is 2. The fourth-order valence-electron chi connectivity index (χ4n) is 3.50. The van der Waals surface area contributed by atoms with E-state index in [0.717, 1.165) is 6.42 Å². The van der Waals surface area contributed by atoms with Gasteiger partial charge in [-0.25, -0.2) is 0 Å². The summed E-state index contributed by atoms with van der Waals surface area (Å²) in [6.45, 7) is -2.25. The molecule has 3 aliphatic rings. The van der Waals surface area contributed by atoms with Crippen LogP contribution in [0.3, 0.4) is 0 Å². The second kappa shape index (κ2) is 7.56. The lowest BCUT2D eigenvalue weighted by molar-refractivity contribution is -0.0187. The molecule has 3 heterocycles. The third-order valence-electron chi connectivity index (χ3n) is 4.53. The Balaban J connectivity index is 1.79. The van der Waals surface area contributed by atoms with Crippen LogP contribution in [0, 0.1) is 5.92 Å². The van der Waals surface area contributed by atoms with Crippen LogP contribution in [0.5, 0.6) is 0 Å². The van der Waals surface area contributed by atoms with Crippen molar-refractivity contribution in [1.29, 1.82) is 0 Å². The van der Waals surface area contributed by atoms with Crippen LogP contribution in [-0.4, -0.2) is 59.7 Å². The van der Waals surface area contributed by atoms with E-state index in [0.29, 0.717) is 12.6 Å². The molecule has 7 nitrogen and oxygen atoms in total. The van der Waals surface area contributed by atoms with E-state index >= 15 is 0 Å². The summed E-state index contributed by atoms with van der Waals surface area (Å²) < 4.78 is 28.4. The maximum absolute atomic E-state index is 10.5. The normalized spacial score (nSPS) is 53.7. The lowest BCUT2D eigenvalue weighted by Crippen LogP contribution is -2.31. The molecular weight excluding hydrogens is 394 g/mol. The minimum Gasteiger partial charge on any atom is -0.373 e. The first-order valence-corrected chi connectivity index (χ1v) is 13.5. The first kappa shape index (κ1) is 19.8. The lowest BCUT2D eigenvalue weighted by atomic mass is 10.0. The molecule has 0 radical (unpaired) electrons. The molecule has 11 heteroatoms. The zero-order valence-corrected chi connectivity index (χ0v) is 17.1. The predicted molar refractivity (Wildman–Crippen MR) is 96.0 cm³/mol. The van der Waals surface area contributed by atoms with Gasteiger partial charge in [0.25, 0.3) is 0 Å². The smallest absolute Gasteiger partial charge is 0.324 e. The summed E-state index contributed by atoms with van der Waals surface area (Å²) in [6, 6.07) is 0. The molecule has 3 aliphatic heterocycles. The molecule has 8 atom stereocenters. The Bertz CT molecular complexity index is 514. The van der Waals surface area contributed by atoms with Gasteiger partial charge in [0, 0.05) is 12.6 Å². The maximum atomic E-state index is 10.5. The molecule has 0 amide bonds. The van der Waals surface area contributed by atoms with Gasteiger partial charge in [0.05, 0.1) is 37.6 Å². The largest absolute Gasteiger partial charge is 0.373 e. The third-order valence-corrected chi connectivity index (χ3v) is 8.36. The molecular formula is C13H24O7P2S2. The van der Waals surface area contributed by atoms with Gasteiger partial charge in [0.15, 0.2) is 6.49 Å². The van der Waals surface area contributed by atoms with Gasteiger partial charge >= 0.3 is 6.72 Å². The summed E-state index contributed by atoms with van der Waals surface area (Å²) in [7, 11) is 0. The molecule has 0 aromatic carbocycles. The second-order valence-electron chi connectivity index (χ2n) is 6.73. The van der Waals surface area contributed by atoms with E-state index in [1.54, 1.807) is 0 Å². The fourth-order valence-corrected chi connectivity index (χ4v) is 7.19. The summed E-state index contributed by atoms with van der Waals surface area (Å²) >= 11 is 10.4. The Hall–Kier alpha value is 1.02. The molecule has 140 valence electrons. The lowest BCUT2D eigenvalue weighted by Gasteiger charge is -2.29. The van der Waals surface area contributed by atoms with E-state index in [4.69, 9.17) is 46.7 Å². The topological polar surface area (TPSA) is 86.6 Å². The van der Waals surface area contributed by atoms with Crippen molar-refractivity contribution >= 4 is 36.8 Å². The average Bonchev–Trinajstić information content (AvgIpc) is 2.95. The molecule has 0 bridgehead atoms. The maximum Gasteiger partial charge on any atom is 0.324 e. The van der Waals surface area contributed by atoms with Gasteiger partial charge in [0.1, 0.15) is 6.10 Å². The number of fused-ring (bicyclic) bond motifs is 2. The van der Waals surface area contributed by atoms with Crippen molar-refractivity contribution < 1.29 is 32.8 Å². The van der Waals surface area contributed by atoms with E-state index in [-0.39, 0.29) is 37.4 Å². The van der Waals surface area contributed by atoms with E-state index in [1.165, 1.54) is 0 Å². The molecule has 24 heavy (non-hydrogen) atoms. The molecule has 1 unspecified atom stereocenters. The van der Waals surface area contributed by atoms with Gasteiger partial charge in [-0.05, 0) is 49.8 Å². The van der Waals surface area contributed by atoms with Crippen molar-refractivity contribution in [2.75, 3.05) is 19.4 Å². The van der Waals surface area contributed by atoms with Crippen LogP contribution in [0.15, 0.2) is 0 Å². The first-order chi connectivity index (χ1) is 11.1. The van der Waals surface area contributed by atoms with Gasteiger partial charge in [-0.2, -0.15) is 0 Å². The molecule has 2 N–H and O–H groups in total.